The quantitative estimate of drug-likeness (QED) is 0.832. The first-order chi connectivity index (χ1) is 13.4. The molecule has 3 rings (SSSR count). The molecule has 7 nitrogen and oxygen atoms in total. The number of ether oxygens (including phenoxy) is 1. The summed E-state index contributed by atoms with van der Waals surface area (Å²) in [7, 11) is 3.28. The number of benzene rings is 2. The molecule has 0 saturated heterocycles. The summed E-state index contributed by atoms with van der Waals surface area (Å²) < 4.78 is 5.42. The Morgan fingerprint density at radius 3 is 2.68 bits per heavy atom. The summed E-state index contributed by atoms with van der Waals surface area (Å²) in [6, 6.07) is 12.0. The monoisotopic (exact) mass is 401 g/mol. The molecule has 2 aromatic carbocycles. The molecule has 0 aromatic heterocycles. The van der Waals surface area contributed by atoms with Gasteiger partial charge in [-0.05, 0) is 29.8 Å². The first-order valence-corrected chi connectivity index (χ1v) is 9.03. The van der Waals surface area contributed by atoms with E-state index >= 15 is 0 Å². The van der Waals surface area contributed by atoms with Crippen LogP contribution in [0.4, 0.5) is 5.69 Å². The highest BCUT2D eigenvalue weighted by Gasteiger charge is 2.28. The maximum Gasteiger partial charge on any atom is 0.265 e. The first-order valence-electron chi connectivity index (χ1n) is 8.66. The zero-order valence-electron chi connectivity index (χ0n) is 15.6. The fourth-order valence-corrected chi connectivity index (χ4v) is 3.00. The van der Waals surface area contributed by atoms with E-state index in [-0.39, 0.29) is 37.4 Å². The van der Waals surface area contributed by atoms with Gasteiger partial charge < -0.3 is 15.0 Å². The Balaban J connectivity index is 1.76. The van der Waals surface area contributed by atoms with E-state index in [2.05, 4.69) is 5.32 Å². The molecule has 1 aliphatic rings. The number of nitrogens with zero attached hydrogens (tertiary/aromatic N) is 2. The molecule has 0 bridgehead atoms. The summed E-state index contributed by atoms with van der Waals surface area (Å²) in [5.74, 6) is -0.446. The van der Waals surface area contributed by atoms with Gasteiger partial charge in [0.05, 0.1) is 5.69 Å². The first kappa shape index (κ1) is 19.7. The number of halogens is 1. The van der Waals surface area contributed by atoms with E-state index in [9.17, 15) is 14.4 Å². The van der Waals surface area contributed by atoms with Crippen molar-refractivity contribution in [2.75, 3.05) is 32.1 Å². The Bertz CT molecular complexity index is 929. The summed E-state index contributed by atoms with van der Waals surface area (Å²) in [5.41, 5.74) is 1.59. The molecule has 0 atom stereocenters. The van der Waals surface area contributed by atoms with E-state index in [1.807, 2.05) is 18.2 Å². The SMILES string of the molecule is CN(C)C(=O)c1ccc2c(c1)N(CC(=O)NCc1ccccc1Cl)C(=O)CO2. The number of carbonyl (C=O) groups is 3. The van der Waals surface area contributed by atoms with Gasteiger partial charge in [-0.25, -0.2) is 0 Å². The second-order valence-corrected chi connectivity index (χ2v) is 6.93. The third kappa shape index (κ3) is 4.26. The van der Waals surface area contributed by atoms with Crippen LogP contribution in [-0.2, 0) is 16.1 Å². The van der Waals surface area contributed by atoms with Crippen LogP contribution in [0, 0.1) is 0 Å². The topological polar surface area (TPSA) is 79.0 Å². The number of hydrogen-bond donors (Lipinski definition) is 1. The van der Waals surface area contributed by atoms with Crippen molar-refractivity contribution in [3.63, 3.8) is 0 Å². The van der Waals surface area contributed by atoms with Gasteiger partial charge in [-0.1, -0.05) is 29.8 Å². The standard InChI is InChI=1S/C20H20ClN3O4/c1-23(2)20(27)13-7-8-17-16(9-13)24(19(26)12-28-17)11-18(25)22-10-14-5-3-4-6-15(14)21/h3-9H,10-12H2,1-2H3,(H,22,25). The van der Waals surface area contributed by atoms with E-state index in [0.29, 0.717) is 22.0 Å². The Hall–Kier alpha value is -3.06. The zero-order chi connectivity index (χ0) is 20.3. The van der Waals surface area contributed by atoms with Crippen LogP contribution in [0.3, 0.4) is 0 Å². The van der Waals surface area contributed by atoms with Crippen molar-refractivity contribution in [1.82, 2.24) is 10.2 Å². The highest BCUT2D eigenvalue weighted by Crippen LogP contribution is 2.33. The number of fused-ring (bicyclic) bond motifs is 1. The maximum atomic E-state index is 12.4. The van der Waals surface area contributed by atoms with Crippen LogP contribution >= 0.6 is 11.6 Å². The molecule has 1 aliphatic heterocycles. The Morgan fingerprint density at radius 1 is 1.21 bits per heavy atom. The van der Waals surface area contributed by atoms with Crippen LogP contribution < -0.4 is 15.0 Å². The predicted octanol–water partition coefficient (Wildman–Crippen LogP) is 2.08. The van der Waals surface area contributed by atoms with Crippen molar-refractivity contribution in [2.24, 2.45) is 0 Å². The van der Waals surface area contributed by atoms with Crippen molar-refractivity contribution in [3.8, 4) is 5.75 Å². The summed E-state index contributed by atoms with van der Waals surface area (Å²) in [6.07, 6.45) is 0. The molecule has 2 aromatic rings. The van der Waals surface area contributed by atoms with Gasteiger partial charge in [0.2, 0.25) is 5.91 Å². The molecule has 0 saturated carbocycles. The van der Waals surface area contributed by atoms with Crippen LogP contribution in [0.5, 0.6) is 5.75 Å². The second kappa shape index (κ2) is 8.31. The summed E-state index contributed by atoms with van der Waals surface area (Å²) >= 11 is 6.09. The molecule has 0 radical (unpaired) electrons. The van der Waals surface area contributed by atoms with Gasteiger partial charge in [0.1, 0.15) is 12.3 Å². The van der Waals surface area contributed by atoms with E-state index in [0.717, 1.165) is 5.56 Å². The van der Waals surface area contributed by atoms with Gasteiger partial charge in [0.25, 0.3) is 11.8 Å². The lowest BCUT2D eigenvalue weighted by Crippen LogP contribution is -2.45. The smallest absolute Gasteiger partial charge is 0.265 e. The molecular weight excluding hydrogens is 382 g/mol. The average Bonchev–Trinajstić information content (AvgIpc) is 2.68. The van der Waals surface area contributed by atoms with E-state index in [1.165, 1.54) is 9.80 Å². The maximum absolute atomic E-state index is 12.4. The molecule has 0 aliphatic carbocycles. The van der Waals surface area contributed by atoms with Gasteiger partial charge in [0, 0.05) is 31.2 Å². The fourth-order valence-electron chi connectivity index (χ4n) is 2.80. The van der Waals surface area contributed by atoms with E-state index < -0.39 is 0 Å². The summed E-state index contributed by atoms with van der Waals surface area (Å²) in [4.78, 5) is 39.7. The largest absolute Gasteiger partial charge is 0.482 e. The molecule has 0 unspecified atom stereocenters. The van der Waals surface area contributed by atoms with Gasteiger partial charge in [-0.3, -0.25) is 19.3 Å². The van der Waals surface area contributed by atoms with Crippen molar-refractivity contribution < 1.29 is 19.1 Å². The Kier molecular flexibility index (Phi) is 5.84. The minimum atomic E-state index is -0.352. The number of anilines is 1. The predicted molar refractivity (Wildman–Crippen MR) is 106 cm³/mol. The van der Waals surface area contributed by atoms with Crippen LogP contribution in [0.25, 0.3) is 0 Å². The highest BCUT2D eigenvalue weighted by molar-refractivity contribution is 6.31. The molecule has 1 N–H and O–H groups in total. The molecule has 146 valence electrons. The lowest BCUT2D eigenvalue weighted by molar-refractivity contribution is -0.125. The summed E-state index contributed by atoms with van der Waals surface area (Å²) in [5, 5.41) is 3.32. The van der Waals surface area contributed by atoms with Crippen molar-refractivity contribution in [1.29, 1.82) is 0 Å². The molecule has 0 fully saturated rings. The lowest BCUT2D eigenvalue weighted by atomic mass is 10.1. The fraction of sp³-hybridized carbons (Fsp3) is 0.250. The third-order valence-electron chi connectivity index (χ3n) is 4.29. The van der Waals surface area contributed by atoms with Crippen molar-refractivity contribution in [3.05, 3.63) is 58.6 Å². The minimum Gasteiger partial charge on any atom is -0.482 e. The zero-order valence-corrected chi connectivity index (χ0v) is 16.3. The van der Waals surface area contributed by atoms with E-state index in [4.69, 9.17) is 16.3 Å². The van der Waals surface area contributed by atoms with Crippen LogP contribution in [0.15, 0.2) is 42.5 Å². The second-order valence-electron chi connectivity index (χ2n) is 6.52. The third-order valence-corrected chi connectivity index (χ3v) is 4.66. The van der Waals surface area contributed by atoms with Gasteiger partial charge >= 0.3 is 0 Å². The molecular formula is C20H20ClN3O4. The van der Waals surface area contributed by atoms with Gasteiger partial charge in [0.15, 0.2) is 6.61 Å². The van der Waals surface area contributed by atoms with Gasteiger partial charge in [-0.2, -0.15) is 0 Å². The average molecular weight is 402 g/mol. The highest BCUT2D eigenvalue weighted by atomic mass is 35.5. The number of amides is 3. The normalized spacial score (nSPS) is 12.8. The molecule has 28 heavy (non-hydrogen) atoms. The molecule has 1 heterocycles. The molecule has 3 amide bonds. The van der Waals surface area contributed by atoms with Crippen molar-refractivity contribution >= 4 is 35.0 Å². The number of carbonyl (C=O) groups excluding carboxylic acids is 3. The number of hydrogen-bond acceptors (Lipinski definition) is 4. The Morgan fingerprint density at radius 2 is 1.96 bits per heavy atom. The van der Waals surface area contributed by atoms with Crippen LogP contribution in [-0.4, -0.2) is 49.9 Å². The Labute approximate surface area is 167 Å². The lowest BCUT2D eigenvalue weighted by Gasteiger charge is -2.29. The van der Waals surface area contributed by atoms with Crippen LogP contribution in [0.2, 0.25) is 5.02 Å². The van der Waals surface area contributed by atoms with Crippen molar-refractivity contribution in [2.45, 2.75) is 6.54 Å². The summed E-state index contributed by atoms with van der Waals surface area (Å²) in [6.45, 7) is -0.0892. The molecule has 0 spiro atoms. The number of rotatable bonds is 5. The number of nitrogens with one attached hydrogen (secondary N) is 1. The van der Waals surface area contributed by atoms with Gasteiger partial charge in [-0.15, -0.1) is 0 Å². The van der Waals surface area contributed by atoms with E-state index in [1.54, 1.807) is 38.4 Å². The van der Waals surface area contributed by atoms with Crippen LogP contribution in [0.1, 0.15) is 15.9 Å². The molecule has 8 heteroatoms. The minimum absolute atomic E-state index is 0.161.